The van der Waals surface area contributed by atoms with E-state index < -0.39 is 0 Å². The van der Waals surface area contributed by atoms with Crippen molar-refractivity contribution in [2.45, 2.75) is 6.42 Å². The van der Waals surface area contributed by atoms with Gasteiger partial charge in [0.15, 0.2) is 0 Å². The molecule has 0 aliphatic heterocycles. The average Bonchev–Trinajstić information content (AvgIpc) is 2.78. The number of nitrogens with two attached hydrogens (primary N) is 1. The Hall–Kier alpha value is -1.39. The van der Waals surface area contributed by atoms with Crippen molar-refractivity contribution in [2.24, 2.45) is 5.73 Å². The lowest BCUT2D eigenvalue weighted by Gasteiger charge is -2.00. The van der Waals surface area contributed by atoms with E-state index in [1.54, 1.807) is 18.4 Å². The summed E-state index contributed by atoms with van der Waals surface area (Å²) in [5, 5.41) is 3.10. The first kappa shape index (κ1) is 11.1. The van der Waals surface area contributed by atoms with Crippen LogP contribution >= 0.6 is 11.3 Å². The molecule has 16 heavy (non-hydrogen) atoms. The molecule has 4 heteroatoms. The number of hydrogen-bond acceptors (Lipinski definition) is 4. The van der Waals surface area contributed by atoms with Crippen molar-refractivity contribution in [1.82, 2.24) is 4.98 Å². The number of benzene rings is 1. The first-order valence-corrected chi connectivity index (χ1v) is 6.00. The van der Waals surface area contributed by atoms with Gasteiger partial charge in [-0.25, -0.2) is 4.98 Å². The van der Waals surface area contributed by atoms with Crippen molar-refractivity contribution < 1.29 is 4.74 Å². The fourth-order valence-electron chi connectivity index (χ4n) is 1.44. The molecule has 1 aromatic heterocycles. The molecule has 0 unspecified atom stereocenters. The van der Waals surface area contributed by atoms with Crippen LogP contribution in [0.3, 0.4) is 0 Å². The van der Waals surface area contributed by atoms with Gasteiger partial charge in [0, 0.05) is 17.4 Å². The fourth-order valence-corrected chi connectivity index (χ4v) is 2.30. The molecule has 0 fully saturated rings. The second-order valence-corrected chi connectivity index (χ2v) is 4.27. The molecule has 0 saturated carbocycles. The summed E-state index contributed by atoms with van der Waals surface area (Å²) >= 11 is 1.65. The van der Waals surface area contributed by atoms with Crippen LogP contribution in [0.2, 0.25) is 0 Å². The number of methoxy groups -OCH3 is 1. The maximum absolute atomic E-state index is 5.49. The van der Waals surface area contributed by atoms with Gasteiger partial charge in [-0.2, -0.15) is 0 Å². The van der Waals surface area contributed by atoms with Crippen LogP contribution in [0, 0.1) is 0 Å². The number of nitrogens with zero attached hydrogens (tertiary/aromatic N) is 1. The van der Waals surface area contributed by atoms with E-state index in [9.17, 15) is 0 Å². The van der Waals surface area contributed by atoms with E-state index in [-0.39, 0.29) is 0 Å². The summed E-state index contributed by atoms with van der Waals surface area (Å²) in [5.74, 6) is 0.863. The van der Waals surface area contributed by atoms with Crippen LogP contribution in [0.4, 0.5) is 0 Å². The van der Waals surface area contributed by atoms with E-state index >= 15 is 0 Å². The molecule has 0 saturated heterocycles. The third-order valence-electron chi connectivity index (χ3n) is 2.29. The topological polar surface area (TPSA) is 48.1 Å². The Kier molecular flexibility index (Phi) is 3.54. The molecule has 1 aromatic carbocycles. The maximum Gasteiger partial charge on any atom is 0.123 e. The molecular formula is C12H14N2OS. The summed E-state index contributed by atoms with van der Waals surface area (Å²) < 4.78 is 5.12. The molecule has 2 N–H and O–H groups in total. The highest BCUT2D eigenvalue weighted by atomic mass is 32.1. The van der Waals surface area contributed by atoms with E-state index in [0.717, 1.165) is 28.4 Å². The normalized spacial score (nSPS) is 10.4. The van der Waals surface area contributed by atoms with E-state index in [1.807, 2.05) is 24.3 Å². The molecule has 0 bridgehead atoms. The van der Waals surface area contributed by atoms with Gasteiger partial charge in [-0.3, -0.25) is 0 Å². The first-order chi connectivity index (χ1) is 7.83. The van der Waals surface area contributed by atoms with Gasteiger partial charge in [-0.1, -0.05) is 0 Å². The van der Waals surface area contributed by atoms with E-state index in [4.69, 9.17) is 10.5 Å². The molecule has 1 heterocycles. The predicted molar refractivity (Wildman–Crippen MR) is 66.9 cm³/mol. The van der Waals surface area contributed by atoms with Gasteiger partial charge in [0.25, 0.3) is 0 Å². The lowest BCUT2D eigenvalue weighted by molar-refractivity contribution is 0.415. The summed E-state index contributed by atoms with van der Waals surface area (Å²) in [6.45, 7) is 0.645. The van der Waals surface area contributed by atoms with Crippen LogP contribution < -0.4 is 10.5 Å². The monoisotopic (exact) mass is 234 g/mol. The van der Waals surface area contributed by atoms with Crippen LogP contribution in [-0.4, -0.2) is 18.6 Å². The molecule has 84 valence electrons. The van der Waals surface area contributed by atoms with Crippen LogP contribution in [0.25, 0.3) is 10.6 Å². The molecule has 2 aromatic rings. The smallest absolute Gasteiger partial charge is 0.123 e. The van der Waals surface area contributed by atoms with Crippen LogP contribution in [0.5, 0.6) is 5.75 Å². The summed E-state index contributed by atoms with van der Waals surface area (Å²) in [6, 6.07) is 7.92. The van der Waals surface area contributed by atoms with Crippen molar-refractivity contribution in [3.8, 4) is 16.3 Å². The fraction of sp³-hybridized carbons (Fsp3) is 0.250. The average molecular weight is 234 g/mol. The standard InChI is InChI=1S/C12H14N2OS/c1-15-11-4-2-9(3-5-11)12-14-10(6-7-13)8-16-12/h2-5,8H,6-7,13H2,1H3. The van der Waals surface area contributed by atoms with Gasteiger partial charge in [0.05, 0.1) is 12.8 Å². The number of rotatable bonds is 4. The SMILES string of the molecule is COc1ccc(-c2nc(CCN)cs2)cc1. The Bertz CT molecular complexity index is 450. The number of thiazole rings is 1. The van der Waals surface area contributed by atoms with Crippen LogP contribution in [0.15, 0.2) is 29.6 Å². The lowest BCUT2D eigenvalue weighted by atomic mass is 10.2. The zero-order valence-electron chi connectivity index (χ0n) is 9.14. The van der Waals surface area contributed by atoms with E-state index in [2.05, 4.69) is 10.4 Å². The van der Waals surface area contributed by atoms with Gasteiger partial charge in [0.2, 0.25) is 0 Å². The van der Waals surface area contributed by atoms with Crippen molar-refractivity contribution in [2.75, 3.05) is 13.7 Å². The minimum atomic E-state index is 0.645. The number of aromatic nitrogens is 1. The molecule has 0 aliphatic carbocycles. The van der Waals surface area contributed by atoms with Crippen LogP contribution in [-0.2, 0) is 6.42 Å². The second-order valence-electron chi connectivity index (χ2n) is 3.41. The Morgan fingerprint density at radius 2 is 2.06 bits per heavy atom. The molecule has 0 amide bonds. The minimum Gasteiger partial charge on any atom is -0.497 e. The molecule has 0 spiro atoms. The molecule has 0 radical (unpaired) electrons. The first-order valence-electron chi connectivity index (χ1n) is 5.12. The Balaban J connectivity index is 2.21. The summed E-state index contributed by atoms with van der Waals surface area (Å²) in [4.78, 5) is 4.52. The van der Waals surface area contributed by atoms with Gasteiger partial charge in [-0.05, 0) is 30.8 Å². The summed E-state index contributed by atoms with van der Waals surface area (Å²) in [5.41, 5.74) is 7.68. The second kappa shape index (κ2) is 5.09. The lowest BCUT2D eigenvalue weighted by Crippen LogP contribution is -2.02. The maximum atomic E-state index is 5.49. The zero-order chi connectivity index (χ0) is 11.4. The third-order valence-corrected chi connectivity index (χ3v) is 3.23. The zero-order valence-corrected chi connectivity index (χ0v) is 9.96. The van der Waals surface area contributed by atoms with Crippen molar-refractivity contribution in [3.05, 3.63) is 35.3 Å². The van der Waals surface area contributed by atoms with Gasteiger partial charge in [0.1, 0.15) is 10.8 Å². The Labute approximate surface area is 98.9 Å². The minimum absolute atomic E-state index is 0.645. The highest BCUT2D eigenvalue weighted by molar-refractivity contribution is 7.13. The molecule has 2 rings (SSSR count). The van der Waals surface area contributed by atoms with Gasteiger partial charge < -0.3 is 10.5 Å². The Morgan fingerprint density at radius 3 is 2.69 bits per heavy atom. The van der Waals surface area contributed by atoms with Crippen molar-refractivity contribution in [1.29, 1.82) is 0 Å². The predicted octanol–water partition coefficient (Wildman–Crippen LogP) is 2.32. The molecular weight excluding hydrogens is 220 g/mol. The quantitative estimate of drug-likeness (QED) is 0.883. The van der Waals surface area contributed by atoms with Crippen LogP contribution in [0.1, 0.15) is 5.69 Å². The van der Waals surface area contributed by atoms with Gasteiger partial charge >= 0.3 is 0 Å². The highest BCUT2D eigenvalue weighted by Gasteiger charge is 2.04. The number of hydrogen-bond donors (Lipinski definition) is 1. The van der Waals surface area contributed by atoms with Gasteiger partial charge in [-0.15, -0.1) is 11.3 Å². The summed E-state index contributed by atoms with van der Waals surface area (Å²) in [6.07, 6.45) is 0.840. The third kappa shape index (κ3) is 2.40. The highest BCUT2D eigenvalue weighted by Crippen LogP contribution is 2.25. The summed E-state index contributed by atoms with van der Waals surface area (Å²) in [7, 11) is 1.66. The van der Waals surface area contributed by atoms with Crippen molar-refractivity contribution >= 4 is 11.3 Å². The Morgan fingerprint density at radius 1 is 1.31 bits per heavy atom. The number of ether oxygens (including phenoxy) is 1. The molecule has 0 aliphatic rings. The largest absolute Gasteiger partial charge is 0.497 e. The van der Waals surface area contributed by atoms with E-state index in [0.29, 0.717) is 6.54 Å². The van der Waals surface area contributed by atoms with Crippen molar-refractivity contribution in [3.63, 3.8) is 0 Å². The van der Waals surface area contributed by atoms with E-state index in [1.165, 1.54) is 0 Å². The molecule has 3 nitrogen and oxygen atoms in total. The molecule has 0 atom stereocenters.